The third kappa shape index (κ3) is 7.60. The van der Waals surface area contributed by atoms with E-state index >= 15 is 0 Å². The molecule has 0 bridgehead atoms. The van der Waals surface area contributed by atoms with Crippen molar-refractivity contribution in [3.8, 4) is 5.88 Å². The van der Waals surface area contributed by atoms with E-state index in [-0.39, 0.29) is 36.0 Å². The Bertz CT molecular complexity index is 901. The van der Waals surface area contributed by atoms with Crippen molar-refractivity contribution in [1.29, 1.82) is 0 Å². The van der Waals surface area contributed by atoms with Gasteiger partial charge in [-0.3, -0.25) is 4.99 Å². The quantitative estimate of drug-likeness (QED) is 0.209. The van der Waals surface area contributed by atoms with Gasteiger partial charge < -0.3 is 20.1 Å². The molecule has 2 aromatic rings. The maximum Gasteiger partial charge on any atom is 0.350 e. The van der Waals surface area contributed by atoms with Gasteiger partial charge >= 0.3 is 5.97 Å². The van der Waals surface area contributed by atoms with Crippen LogP contribution in [0.2, 0.25) is 0 Å². The van der Waals surface area contributed by atoms with Gasteiger partial charge in [0.25, 0.3) is 0 Å². The summed E-state index contributed by atoms with van der Waals surface area (Å²) in [6, 6.07) is 3.78. The Morgan fingerprint density at radius 1 is 1.42 bits per heavy atom. The number of aromatic nitrogens is 2. The van der Waals surface area contributed by atoms with Crippen molar-refractivity contribution >= 4 is 47.2 Å². The minimum Gasteiger partial charge on any atom is -0.477 e. The van der Waals surface area contributed by atoms with Crippen LogP contribution in [0.5, 0.6) is 5.88 Å². The Labute approximate surface area is 204 Å². The number of halogens is 1. The molecular formula is C21H30IN5O3S. The summed E-state index contributed by atoms with van der Waals surface area (Å²) in [5.74, 6) is 1.66. The highest BCUT2D eigenvalue weighted by Gasteiger charge is 2.22. The third-order valence-electron chi connectivity index (χ3n) is 4.64. The number of carbonyl (C=O) groups is 1. The number of ether oxygens (including phenoxy) is 2. The Balaban J connectivity index is 0.00000341. The molecule has 0 radical (unpaired) electrons. The first-order chi connectivity index (χ1) is 14.5. The summed E-state index contributed by atoms with van der Waals surface area (Å²) in [6.45, 7) is 7.26. The van der Waals surface area contributed by atoms with Gasteiger partial charge in [-0.25, -0.2) is 14.8 Å². The second-order valence-corrected chi connectivity index (χ2v) is 8.27. The molecule has 3 rings (SSSR count). The molecule has 1 fully saturated rings. The second-order valence-electron chi connectivity index (χ2n) is 7.24. The zero-order valence-electron chi connectivity index (χ0n) is 18.3. The van der Waals surface area contributed by atoms with Crippen LogP contribution in [0.4, 0.5) is 0 Å². The van der Waals surface area contributed by atoms with Crippen molar-refractivity contribution < 1.29 is 14.3 Å². The number of thiazole rings is 1. The number of pyridine rings is 1. The van der Waals surface area contributed by atoms with Gasteiger partial charge in [0, 0.05) is 25.9 Å². The van der Waals surface area contributed by atoms with Gasteiger partial charge in [0.1, 0.15) is 9.88 Å². The van der Waals surface area contributed by atoms with Crippen LogP contribution in [-0.4, -0.2) is 42.2 Å². The number of nitrogens with zero attached hydrogens (tertiary/aromatic N) is 3. The van der Waals surface area contributed by atoms with Gasteiger partial charge in [-0.05, 0) is 51.2 Å². The molecule has 0 amide bonds. The smallest absolute Gasteiger partial charge is 0.350 e. The van der Waals surface area contributed by atoms with Crippen LogP contribution in [0.25, 0.3) is 0 Å². The van der Waals surface area contributed by atoms with Crippen molar-refractivity contribution in [3.05, 3.63) is 39.5 Å². The summed E-state index contributed by atoms with van der Waals surface area (Å²) in [7, 11) is 1.72. The molecule has 0 aliphatic heterocycles. The highest BCUT2D eigenvalue weighted by molar-refractivity contribution is 14.0. The molecule has 170 valence electrons. The Kier molecular flexibility index (Phi) is 9.94. The fourth-order valence-corrected chi connectivity index (χ4v) is 3.73. The van der Waals surface area contributed by atoms with E-state index in [0.717, 1.165) is 17.2 Å². The van der Waals surface area contributed by atoms with E-state index in [1.165, 1.54) is 24.2 Å². The molecule has 0 saturated heterocycles. The van der Waals surface area contributed by atoms with E-state index < -0.39 is 0 Å². The first-order valence-corrected chi connectivity index (χ1v) is 11.0. The lowest BCUT2D eigenvalue weighted by molar-refractivity contribution is 0.0531. The van der Waals surface area contributed by atoms with Gasteiger partial charge in [-0.2, -0.15) is 0 Å². The van der Waals surface area contributed by atoms with Gasteiger partial charge in [-0.15, -0.1) is 35.3 Å². The Morgan fingerprint density at radius 2 is 2.19 bits per heavy atom. The molecule has 0 aromatic carbocycles. The van der Waals surface area contributed by atoms with Crippen LogP contribution in [0.1, 0.15) is 58.7 Å². The Morgan fingerprint density at radius 3 is 2.87 bits per heavy atom. The van der Waals surface area contributed by atoms with Gasteiger partial charge in [0.15, 0.2) is 5.96 Å². The zero-order chi connectivity index (χ0) is 21.5. The lowest BCUT2D eigenvalue weighted by Crippen LogP contribution is -2.38. The maximum atomic E-state index is 12.0. The number of guanidine groups is 1. The van der Waals surface area contributed by atoms with E-state index in [4.69, 9.17) is 9.47 Å². The zero-order valence-corrected chi connectivity index (χ0v) is 21.5. The number of carbonyl (C=O) groups excluding carboxylic acids is 1. The summed E-state index contributed by atoms with van der Waals surface area (Å²) in [4.78, 5) is 25.6. The number of esters is 1. The van der Waals surface area contributed by atoms with E-state index in [1.807, 2.05) is 26.0 Å². The summed E-state index contributed by atoms with van der Waals surface area (Å²) in [5.41, 5.74) is 1.74. The molecule has 1 atom stereocenters. The van der Waals surface area contributed by atoms with Crippen LogP contribution < -0.4 is 15.4 Å². The molecule has 2 heterocycles. The van der Waals surface area contributed by atoms with Crippen LogP contribution in [0.15, 0.2) is 23.3 Å². The SMILES string of the molecule is CCOC(=O)c1sc(C(C)NC(=NC)NCc2ccnc(OCC3CC3)c2)nc1C.I. The second kappa shape index (κ2) is 12.2. The molecule has 0 spiro atoms. The minimum absolute atomic E-state index is 0. The topological polar surface area (TPSA) is 97.7 Å². The summed E-state index contributed by atoms with van der Waals surface area (Å²) < 4.78 is 10.8. The molecule has 10 heteroatoms. The molecule has 31 heavy (non-hydrogen) atoms. The van der Waals surface area contributed by atoms with Crippen molar-refractivity contribution in [2.45, 2.75) is 46.2 Å². The van der Waals surface area contributed by atoms with Crippen molar-refractivity contribution in [2.75, 3.05) is 20.3 Å². The molecule has 1 unspecified atom stereocenters. The van der Waals surface area contributed by atoms with Crippen molar-refractivity contribution in [3.63, 3.8) is 0 Å². The van der Waals surface area contributed by atoms with E-state index in [1.54, 1.807) is 20.2 Å². The Hall–Kier alpha value is -1.95. The third-order valence-corrected chi connectivity index (χ3v) is 5.96. The number of hydrogen-bond donors (Lipinski definition) is 2. The van der Waals surface area contributed by atoms with Crippen LogP contribution in [-0.2, 0) is 11.3 Å². The average molecular weight is 559 g/mol. The number of hydrogen-bond acceptors (Lipinski definition) is 7. The number of nitrogens with one attached hydrogen (secondary N) is 2. The van der Waals surface area contributed by atoms with Crippen LogP contribution in [0, 0.1) is 12.8 Å². The minimum atomic E-state index is -0.328. The predicted octanol–water partition coefficient (Wildman–Crippen LogP) is 3.86. The van der Waals surface area contributed by atoms with E-state index in [2.05, 4.69) is 25.6 Å². The summed E-state index contributed by atoms with van der Waals surface area (Å²) >= 11 is 1.34. The lowest BCUT2D eigenvalue weighted by atomic mass is 10.2. The first-order valence-electron chi connectivity index (χ1n) is 10.2. The summed E-state index contributed by atoms with van der Waals surface area (Å²) in [5, 5.41) is 7.42. The van der Waals surface area contributed by atoms with E-state index in [0.29, 0.717) is 41.5 Å². The maximum absolute atomic E-state index is 12.0. The molecule has 1 aliphatic carbocycles. The monoisotopic (exact) mass is 559 g/mol. The fraction of sp³-hybridized carbons (Fsp3) is 0.524. The summed E-state index contributed by atoms with van der Waals surface area (Å²) in [6.07, 6.45) is 4.26. The van der Waals surface area contributed by atoms with Gasteiger partial charge in [0.2, 0.25) is 5.88 Å². The van der Waals surface area contributed by atoms with Crippen molar-refractivity contribution in [1.82, 2.24) is 20.6 Å². The highest BCUT2D eigenvalue weighted by Crippen LogP contribution is 2.29. The lowest BCUT2D eigenvalue weighted by Gasteiger charge is -2.16. The van der Waals surface area contributed by atoms with Gasteiger partial charge in [-0.1, -0.05) is 0 Å². The molecular weight excluding hydrogens is 529 g/mol. The fourth-order valence-electron chi connectivity index (χ4n) is 2.76. The highest BCUT2D eigenvalue weighted by atomic mass is 127. The standard InChI is InChI=1S/C21H29N5O3S.HI/c1-5-28-20(27)18-13(2)25-19(30-18)14(3)26-21(22-4)24-11-16-8-9-23-17(10-16)29-12-15-6-7-15;/h8-10,14-15H,5-7,11-12H2,1-4H3,(H2,22,24,26);1H. The van der Waals surface area contributed by atoms with Crippen LogP contribution >= 0.6 is 35.3 Å². The molecule has 1 aliphatic rings. The van der Waals surface area contributed by atoms with Crippen LogP contribution in [0.3, 0.4) is 0 Å². The molecule has 8 nitrogen and oxygen atoms in total. The average Bonchev–Trinajstić information content (AvgIpc) is 3.49. The van der Waals surface area contributed by atoms with Crippen molar-refractivity contribution in [2.24, 2.45) is 10.9 Å². The normalized spacial score (nSPS) is 14.4. The molecule has 2 aromatic heterocycles. The molecule has 2 N–H and O–H groups in total. The number of aliphatic imine (C=N–C) groups is 1. The first kappa shape index (κ1) is 25.3. The largest absolute Gasteiger partial charge is 0.477 e. The predicted molar refractivity (Wildman–Crippen MR) is 132 cm³/mol. The van der Waals surface area contributed by atoms with E-state index in [9.17, 15) is 4.79 Å². The van der Waals surface area contributed by atoms with Gasteiger partial charge in [0.05, 0.1) is 24.9 Å². The number of rotatable bonds is 9. The molecule has 1 saturated carbocycles. The number of aryl methyl sites for hydroxylation is 1.